The third-order valence-electron chi connectivity index (χ3n) is 2.43. The minimum absolute atomic E-state index is 0.336. The second kappa shape index (κ2) is 4.63. The lowest BCUT2D eigenvalue weighted by molar-refractivity contribution is 0.602. The van der Waals surface area contributed by atoms with E-state index in [4.69, 9.17) is 0 Å². The van der Waals surface area contributed by atoms with E-state index in [1.54, 1.807) is 24.3 Å². The van der Waals surface area contributed by atoms with Crippen LogP contribution >= 0.6 is 0 Å². The molecule has 1 aromatic heterocycles. The number of aromatic amines is 1. The number of aromatic nitrogens is 1. The zero-order chi connectivity index (χ0) is 12.3. The average molecular weight is 250 g/mol. The summed E-state index contributed by atoms with van der Waals surface area (Å²) in [5.74, 6) is 0. The van der Waals surface area contributed by atoms with E-state index in [2.05, 4.69) is 10.3 Å². The van der Waals surface area contributed by atoms with Gasteiger partial charge in [-0.3, -0.25) is 0 Å². The minimum atomic E-state index is -3.11. The van der Waals surface area contributed by atoms with Crippen molar-refractivity contribution in [3.8, 4) is 0 Å². The molecular formula is C12H14N2O2S. The lowest BCUT2D eigenvalue weighted by Crippen LogP contribution is -2.01. The fraction of sp³-hybridized carbons (Fsp3) is 0.167. The number of nitrogens with one attached hydrogen (secondary N) is 2. The van der Waals surface area contributed by atoms with Crippen LogP contribution in [0.5, 0.6) is 0 Å². The Hall–Kier alpha value is -1.75. The smallest absolute Gasteiger partial charge is 0.175 e. The maximum atomic E-state index is 11.3. The summed E-state index contributed by atoms with van der Waals surface area (Å²) in [6.07, 6.45) is 3.07. The fourth-order valence-corrected chi connectivity index (χ4v) is 2.13. The molecule has 5 heteroatoms. The Labute approximate surface area is 101 Å². The Balaban J connectivity index is 2.04. The van der Waals surface area contributed by atoms with E-state index in [0.717, 1.165) is 11.4 Å². The summed E-state index contributed by atoms with van der Waals surface area (Å²) >= 11 is 0. The number of H-pyrrole nitrogens is 1. The number of sulfone groups is 1. The second-order valence-electron chi connectivity index (χ2n) is 3.85. The monoisotopic (exact) mass is 250 g/mol. The predicted molar refractivity (Wildman–Crippen MR) is 67.7 cm³/mol. The molecule has 0 aliphatic heterocycles. The first-order chi connectivity index (χ1) is 8.05. The first-order valence-corrected chi connectivity index (χ1v) is 7.11. The van der Waals surface area contributed by atoms with Crippen LogP contribution in [-0.4, -0.2) is 19.7 Å². The SMILES string of the molecule is CS(=O)(=O)c1ccc(NCc2ccc[nH]2)cc1. The normalized spacial score (nSPS) is 11.4. The van der Waals surface area contributed by atoms with Crippen LogP contribution in [0.15, 0.2) is 47.5 Å². The molecule has 0 atom stereocenters. The van der Waals surface area contributed by atoms with E-state index in [1.807, 2.05) is 18.3 Å². The largest absolute Gasteiger partial charge is 0.379 e. The molecular weight excluding hydrogens is 236 g/mol. The Morgan fingerprint density at radius 2 is 1.88 bits per heavy atom. The van der Waals surface area contributed by atoms with Gasteiger partial charge >= 0.3 is 0 Å². The zero-order valence-electron chi connectivity index (χ0n) is 9.47. The van der Waals surface area contributed by atoms with E-state index in [9.17, 15) is 8.42 Å². The highest BCUT2D eigenvalue weighted by molar-refractivity contribution is 7.90. The van der Waals surface area contributed by atoms with Crippen LogP contribution in [0, 0.1) is 0 Å². The Kier molecular flexibility index (Phi) is 3.19. The van der Waals surface area contributed by atoms with Crippen molar-refractivity contribution >= 4 is 15.5 Å². The van der Waals surface area contributed by atoms with E-state index in [0.29, 0.717) is 11.4 Å². The molecule has 0 aliphatic carbocycles. The average Bonchev–Trinajstić information content (AvgIpc) is 2.78. The molecule has 0 aliphatic rings. The zero-order valence-corrected chi connectivity index (χ0v) is 10.3. The summed E-state index contributed by atoms with van der Waals surface area (Å²) < 4.78 is 22.5. The molecule has 2 N–H and O–H groups in total. The first kappa shape index (κ1) is 11.7. The number of anilines is 1. The van der Waals surface area contributed by atoms with Gasteiger partial charge in [0.2, 0.25) is 0 Å². The lowest BCUT2D eigenvalue weighted by Gasteiger charge is -2.05. The van der Waals surface area contributed by atoms with Gasteiger partial charge in [-0.15, -0.1) is 0 Å². The molecule has 1 heterocycles. The van der Waals surface area contributed by atoms with Crippen molar-refractivity contribution in [2.45, 2.75) is 11.4 Å². The molecule has 17 heavy (non-hydrogen) atoms. The van der Waals surface area contributed by atoms with Gasteiger partial charge in [-0.05, 0) is 36.4 Å². The highest BCUT2D eigenvalue weighted by Crippen LogP contribution is 2.14. The molecule has 0 amide bonds. The van der Waals surface area contributed by atoms with Gasteiger partial charge < -0.3 is 10.3 Å². The molecule has 0 bridgehead atoms. The van der Waals surface area contributed by atoms with Crippen LogP contribution in [0.1, 0.15) is 5.69 Å². The molecule has 0 saturated heterocycles. The second-order valence-corrected chi connectivity index (χ2v) is 5.86. The maximum Gasteiger partial charge on any atom is 0.175 e. The van der Waals surface area contributed by atoms with E-state index < -0.39 is 9.84 Å². The van der Waals surface area contributed by atoms with E-state index >= 15 is 0 Å². The van der Waals surface area contributed by atoms with Gasteiger partial charge in [0.05, 0.1) is 11.4 Å². The lowest BCUT2D eigenvalue weighted by atomic mass is 10.3. The van der Waals surface area contributed by atoms with Crippen molar-refractivity contribution < 1.29 is 8.42 Å². The highest BCUT2D eigenvalue weighted by atomic mass is 32.2. The van der Waals surface area contributed by atoms with Crippen LogP contribution < -0.4 is 5.32 Å². The van der Waals surface area contributed by atoms with Gasteiger partial charge in [0.15, 0.2) is 9.84 Å². The van der Waals surface area contributed by atoms with Crippen LogP contribution in [0.25, 0.3) is 0 Å². The molecule has 1 aromatic carbocycles. The number of hydrogen-bond donors (Lipinski definition) is 2. The van der Waals surface area contributed by atoms with Crippen molar-refractivity contribution in [3.63, 3.8) is 0 Å². The Morgan fingerprint density at radius 1 is 1.18 bits per heavy atom. The van der Waals surface area contributed by atoms with Crippen LogP contribution in [0.2, 0.25) is 0 Å². The van der Waals surface area contributed by atoms with Crippen molar-refractivity contribution in [1.82, 2.24) is 4.98 Å². The van der Waals surface area contributed by atoms with Gasteiger partial charge in [-0.1, -0.05) is 0 Å². The van der Waals surface area contributed by atoms with E-state index in [-0.39, 0.29) is 0 Å². The third kappa shape index (κ3) is 3.10. The van der Waals surface area contributed by atoms with Crippen LogP contribution in [0.4, 0.5) is 5.69 Å². The summed E-state index contributed by atoms with van der Waals surface area (Å²) in [7, 11) is -3.11. The van der Waals surface area contributed by atoms with Gasteiger partial charge in [0.25, 0.3) is 0 Å². The number of benzene rings is 1. The van der Waals surface area contributed by atoms with Crippen LogP contribution in [-0.2, 0) is 16.4 Å². The molecule has 2 aromatic rings. The highest BCUT2D eigenvalue weighted by Gasteiger charge is 2.05. The molecule has 0 radical (unpaired) electrons. The summed E-state index contributed by atoms with van der Waals surface area (Å²) in [4.78, 5) is 3.42. The van der Waals surface area contributed by atoms with Gasteiger partial charge in [-0.25, -0.2) is 8.42 Å². The minimum Gasteiger partial charge on any atom is -0.379 e. The van der Waals surface area contributed by atoms with Crippen LogP contribution in [0.3, 0.4) is 0 Å². The topological polar surface area (TPSA) is 62.0 Å². The summed E-state index contributed by atoms with van der Waals surface area (Å²) in [6, 6.07) is 10.7. The maximum absolute atomic E-state index is 11.3. The third-order valence-corrected chi connectivity index (χ3v) is 3.56. The van der Waals surface area contributed by atoms with Crippen molar-refractivity contribution in [2.24, 2.45) is 0 Å². The Bertz CT molecular complexity index is 571. The summed E-state index contributed by atoms with van der Waals surface area (Å²) in [5, 5.41) is 3.20. The quantitative estimate of drug-likeness (QED) is 0.872. The molecule has 0 saturated carbocycles. The predicted octanol–water partition coefficient (Wildman–Crippen LogP) is 2.03. The van der Waals surface area contributed by atoms with Gasteiger partial charge in [0, 0.05) is 23.8 Å². The fourth-order valence-electron chi connectivity index (χ4n) is 1.49. The van der Waals surface area contributed by atoms with Crippen molar-refractivity contribution in [2.75, 3.05) is 11.6 Å². The summed E-state index contributed by atoms with van der Waals surface area (Å²) in [5.41, 5.74) is 1.98. The molecule has 0 spiro atoms. The van der Waals surface area contributed by atoms with Gasteiger partial charge in [0.1, 0.15) is 0 Å². The number of rotatable bonds is 4. The van der Waals surface area contributed by atoms with Gasteiger partial charge in [-0.2, -0.15) is 0 Å². The molecule has 2 rings (SSSR count). The molecule has 0 unspecified atom stereocenters. The van der Waals surface area contributed by atoms with Crippen molar-refractivity contribution in [3.05, 3.63) is 48.3 Å². The first-order valence-electron chi connectivity index (χ1n) is 5.22. The Morgan fingerprint density at radius 3 is 2.41 bits per heavy atom. The molecule has 4 nitrogen and oxygen atoms in total. The molecule has 0 fully saturated rings. The van der Waals surface area contributed by atoms with E-state index in [1.165, 1.54) is 6.26 Å². The standard InChI is InChI=1S/C12H14N2O2S/c1-17(15,16)12-6-4-10(5-7-12)14-9-11-3-2-8-13-11/h2-8,13-14H,9H2,1H3. The summed E-state index contributed by atoms with van der Waals surface area (Å²) in [6.45, 7) is 0.686. The molecule has 90 valence electrons. The number of hydrogen-bond acceptors (Lipinski definition) is 3. The van der Waals surface area contributed by atoms with Crippen molar-refractivity contribution in [1.29, 1.82) is 0 Å².